The first-order valence-electron chi connectivity index (χ1n) is 5.32. The summed E-state index contributed by atoms with van der Waals surface area (Å²) in [5.41, 5.74) is 0. The third kappa shape index (κ3) is 3.09. The Bertz CT molecular complexity index is 317. The maximum absolute atomic E-state index is 11.5. The quantitative estimate of drug-likeness (QED) is 0.764. The number of carbonyl (C=O) groups excluding carboxylic acids is 1. The van der Waals surface area contributed by atoms with Gasteiger partial charge in [-0.25, -0.2) is 0 Å². The minimum absolute atomic E-state index is 0.0193. The van der Waals surface area contributed by atoms with Gasteiger partial charge in [-0.2, -0.15) is 0 Å². The molecule has 2 rings (SSSR count). The number of hydrogen-bond acceptors (Lipinski definition) is 3. The van der Waals surface area contributed by atoms with Crippen molar-refractivity contribution in [2.45, 2.75) is 31.8 Å². The van der Waals surface area contributed by atoms with Gasteiger partial charge in [-0.15, -0.1) is 0 Å². The lowest BCUT2D eigenvalue weighted by Crippen LogP contribution is -2.36. The minimum Gasteiger partial charge on any atom is -0.467 e. The zero-order valence-corrected chi connectivity index (χ0v) is 8.82. The van der Waals surface area contributed by atoms with Crippen LogP contribution in [0.5, 0.6) is 0 Å². The van der Waals surface area contributed by atoms with Crippen LogP contribution in [0.3, 0.4) is 0 Å². The molecule has 0 bridgehead atoms. The normalized spacial score (nSPS) is 17.4. The zero-order valence-electron chi connectivity index (χ0n) is 8.82. The molecule has 0 radical (unpaired) electrons. The Morgan fingerprint density at radius 2 is 2.47 bits per heavy atom. The van der Waals surface area contributed by atoms with Gasteiger partial charge in [0.05, 0.1) is 18.8 Å². The van der Waals surface area contributed by atoms with Crippen LogP contribution in [0, 0.1) is 0 Å². The van der Waals surface area contributed by atoms with Crippen LogP contribution < -0.4 is 10.6 Å². The SMILES string of the molecule is C[C@H](NC(=O)CNC1CC1)c1ccco1. The van der Waals surface area contributed by atoms with Crippen molar-refractivity contribution in [3.63, 3.8) is 0 Å². The Labute approximate surface area is 89.0 Å². The van der Waals surface area contributed by atoms with Gasteiger partial charge in [0.1, 0.15) is 5.76 Å². The monoisotopic (exact) mass is 208 g/mol. The molecule has 15 heavy (non-hydrogen) atoms. The highest BCUT2D eigenvalue weighted by atomic mass is 16.3. The van der Waals surface area contributed by atoms with Crippen LogP contribution in [-0.4, -0.2) is 18.5 Å². The molecule has 0 unspecified atom stereocenters. The summed E-state index contributed by atoms with van der Waals surface area (Å²) < 4.78 is 5.20. The number of carbonyl (C=O) groups is 1. The molecule has 1 aromatic heterocycles. The van der Waals surface area contributed by atoms with Gasteiger partial charge in [0.2, 0.25) is 5.91 Å². The summed E-state index contributed by atoms with van der Waals surface area (Å²) >= 11 is 0. The molecule has 1 amide bonds. The molecule has 1 aromatic rings. The van der Waals surface area contributed by atoms with E-state index >= 15 is 0 Å². The van der Waals surface area contributed by atoms with Crippen LogP contribution in [0.15, 0.2) is 22.8 Å². The molecule has 4 nitrogen and oxygen atoms in total. The van der Waals surface area contributed by atoms with Crippen molar-refractivity contribution in [3.8, 4) is 0 Å². The lowest BCUT2D eigenvalue weighted by molar-refractivity contribution is -0.121. The fourth-order valence-corrected chi connectivity index (χ4v) is 1.43. The van der Waals surface area contributed by atoms with Gasteiger partial charge < -0.3 is 15.1 Å². The number of amides is 1. The van der Waals surface area contributed by atoms with Gasteiger partial charge in [0.25, 0.3) is 0 Å². The minimum atomic E-state index is -0.0616. The van der Waals surface area contributed by atoms with E-state index in [1.54, 1.807) is 6.26 Å². The van der Waals surface area contributed by atoms with Crippen LogP contribution >= 0.6 is 0 Å². The maximum Gasteiger partial charge on any atom is 0.234 e. The van der Waals surface area contributed by atoms with E-state index in [0.29, 0.717) is 12.6 Å². The van der Waals surface area contributed by atoms with Crippen molar-refractivity contribution in [1.82, 2.24) is 10.6 Å². The van der Waals surface area contributed by atoms with E-state index in [1.807, 2.05) is 19.1 Å². The van der Waals surface area contributed by atoms with Gasteiger partial charge >= 0.3 is 0 Å². The number of hydrogen-bond donors (Lipinski definition) is 2. The third-order valence-corrected chi connectivity index (χ3v) is 2.48. The van der Waals surface area contributed by atoms with Crippen LogP contribution in [0.4, 0.5) is 0 Å². The molecule has 1 aliphatic rings. The second-order valence-electron chi connectivity index (χ2n) is 3.96. The van der Waals surface area contributed by atoms with Crippen LogP contribution in [-0.2, 0) is 4.79 Å². The van der Waals surface area contributed by atoms with Gasteiger partial charge in [0, 0.05) is 6.04 Å². The molecule has 1 saturated carbocycles. The molecule has 1 fully saturated rings. The van der Waals surface area contributed by atoms with Crippen molar-refractivity contribution >= 4 is 5.91 Å². The van der Waals surface area contributed by atoms with Crippen molar-refractivity contribution in [2.24, 2.45) is 0 Å². The van der Waals surface area contributed by atoms with Crippen molar-refractivity contribution < 1.29 is 9.21 Å². The fourth-order valence-electron chi connectivity index (χ4n) is 1.43. The smallest absolute Gasteiger partial charge is 0.234 e. The van der Waals surface area contributed by atoms with E-state index in [0.717, 1.165) is 5.76 Å². The molecule has 82 valence electrons. The average molecular weight is 208 g/mol. The average Bonchev–Trinajstić information content (AvgIpc) is 2.87. The Hall–Kier alpha value is -1.29. The van der Waals surface area contributed by atoms with Gasteiger partial charge in [0.15, 0.2) is 0 Å². The first-order chi connectivity index (χ1) is 7.25. The summed E-state index contributed by atoms with van der Waals surface area (Å²) in [5.74, 6) is 0.806. The highest BCUT2D eigenvalue weighted by molar-refractivity contribution is 5.78. The highest BCUT2D eigenvalue weighted by Crippen LogP contribution is 2.18. The van der Waals surface area contributed by atoms with E-state index in [1.165, 1.54) is 12.8 Å². The van der Waals surface area contributed by atoms with Gasteiger partial charge in [-0.3, -0.25) is 4.79 Å². The van der Waals surface area contributed by atoms with Crippen LogP contribution in [0.1, 0.15) is 31.6 Å². The van der Waals surface area contributed by atoms with Crippen molar-refractivity contribution in [3.05, 3.63) is 24.2 Å². The maximum atomic E-state index is 11.5. The van der Waals surface area contributed by atoms with E-state index in [9.17, 15) is 4.79 Å². The van der Waals surface area contributed by atoms with E-state index in [4.69, 9.17) is 4.42 Å². The summed E-state index contributed by atoms with van der Waals surface area (Å²) in [4.78, 5) is 11.5. The molecule has 0 saturated heterocycles. The topological polar surface area (TPSA) is 54.3 Å². The standard InChI is InChI=1S/C11H16N2O2/c1-8(10-3-2-6-15-10)13-11(14)7-12-9-4-5-9/h2-3,6,8-9,12H,4-5,7H2,1H3,(H,13,14)/t8-/m0/s1. The van der Waals surface area contributed by atoms with Crippen molar-refractivity contribution in [2.75, 3.05) is 6.54 Å². The molecular weight excluding hydrogens is 192 g/mol. The predicted molar refractivity (Wildman–Crippen MR) is 56.3 cm³/mol. The lowest BCUT2D eigenvalue weighted by atomic mass is 10.2. The van der Waals surface area contributed by atoms with E-state index in [2.05, 4.69) is 10.6 Å². The molecule has 4 heteroatoms. The van der Waals surface area contributed by atoms with Gasteiger partial charge in [-0.05, 0) is 31.9 Å². The number of furan rings is 1. The molecule has 0 aliphatic heterocycles. The molecule has 1 atom stereocenters. The second kappa shape index (κ2) is 4.49. The molecular formula is C11H16N2O2. The molecule has 2 N–H and O–H groups in total. The van der Waals surface area contributed by atoms with Crippen LogP contribution in [0.25, 0.3) is 0 Å². The van der Waals surface area contributed by atoms with Crippen LogP contribution in [0.2, 0.25) is 0 Å². The lowest BCUT2D eigenvalue weighted by Gasteiger charge is -2.11. The van der Waals surface area contributed by atoms with Crippen molar-refractivity contribution in [1.29, 1.82) is 0 Å². The zero-order chi connectivity index (χ0) is 10.7. The second-order valence-corrected chi connectivity index (χ2v) is 3.96. The summed E-state index contributed by atoms with van der Waals surface area (Å²) in [6.45, 7) is 2.31. The largest absolute Gasteiger partial charge is 0.467 e. The Morgan fingerprint density at radius 3 is 3.07 bits per heavy atom. The highest BCUT2D eigenvalue weighted by Gasteiger charge is 2.21. The Morgan fingerprint density at radius 1 is 1.67 bits per heavy atom. The summed E-state index contributed by atoms with van der Waals surface area (Å²) in [6.07, 6.45) is 4.00. The predicted octanol–water partition coefficient (Wildman–Crippen LogP) is 1.21. The summed E-state index contributed by atoms with van der Waals surface area (Å²) in [5, 5.41) is 6.03. The van der Waals surface area contributed by atoms with Gasteiger partial charge in [-0.1, -0.05) is 0 Å². The number of nitrogens with one attached hydrogen (secondary N) is 2. The Balaban J connectivity index is 1.72. The summed E-state index contributed by atoms with van der Waals surface area (Å²) in [7, 11) is 0. The fraction of sp³-hybridized carbons (Fsp3) is 0.545. The third-order valence-electron chi connectivity index (χ3n) is 2.48. The molecule has 0 aromatic carbocycles. The Kier molecular flexibility index (Phi) is 3.06. The first kappa shape index (κ1) is 10.2. The molecule has 1 aliphatic carbocycles. The summed E-state index contributed by atoms with van der Waals surface area (Å²) in [6, 6.07) is 4.18. The first-order valence-corrected chi connectivity index (χ1v) is 5.32. The number of rotatable bonds is 5. The van der Waals surface area contributed by atoms with E-state index in [-0.39, 0.29) is 11.9 Å². The molecule has 1 heterocycles. The molecule has 0 spiro atoms. The van der Waals surface area contributed by atoms with E-state index < -0.39 is 0 Å².